The molecule has 0 amide bonds. The van der Waals surface area contributed by atoms with Gasteiger partial charge < -0.3 is 13.9 Å². The van der Waals surface area contributed by atoms with E-state index < -0.39 is 14.4 Å². The summed E-state index contributed by atoms with van der Waals surface area (Å²) in [6.07, 6.45) is 1.26. The Balaban J connectivity index is 1.69. The quantitative estimate of drug-likeness (QED) is 0.311. The highest BCUT2D eigenvalue weighted by Crippen LogP contribution is 2.36. The van der Waals surface area contributed by atoms with Gasteiger partial charge in [-0.05, 0) is 74.8 Å². The average molecular weight is 493 g/mol. The third-order valence-corrected chi connectivity index (χ3v) is 11.8. The number of rotatable bonds is 6. The Bertz CT molecular complexity index is 1460. The molecule has 0 saturated carbocycles. The van der Waals surface area contributed by atoms with E-state index in [1.54, 1.807) is 13.8 Å². The summed E-state index contributed by atoms with van der Waals surface area (Å²) >= 11 is 0. The van der Waals surface area contributed by atoms with Crippen molar-refractivity contribution >= 4 is 30.2 Å². The highest BCUT2D eigenvalue weighted by Gasteiger charge is 2.36. The predicted octanol–water partition coefficient (Wildman–Crippen LogP) is 6.50. The van der Waals surface area contributed by atoms with Crippen molar-refractivity contribution in [1.29, 1.82) is 0 Å². The molecule has 6 nitrogen and oxygen atoms in total. The van der Waals surface area contributed by atoms with Crippen LogP contribution in [0.4, 0.5) is 0 Å². The first-order chi connectivity index (χ1) is 16.3. The van der Waals surface area contributed by atoms with E-state index in [2.05, 4.69) is 33.9 Å². The van der Waals surface area contributed by atoms with Gasteiger partial charge in [-0.25, -0.2) is 0 Å². The molecule has 0 saturated heterocycles. The fourth-order valence-electron chi connectivity index (χ4n) is 4.10. The number of fused-ring (bicyclic) bond motifs is 2. The summed E-state index contributed by atoms with van der Waals surface area (Å²) in [7, 11) is -1.80. The lowest BCUT2D eigenvalue weighted by Crippen LogP contribution is -2.41. The fourth-order valence-corrected chi connectivity index (χ4v) is 5.13. The minimum absolute atomic E-state index is 0.0783. The number of aliphatic hydroxyl groups is 1. The molecule has 0 aliphatic carbocycles. The summed E-state index contributed by atoms with van der Waals surface area (Å²) in [5.74, 6) is 0.518. The zero-order valence-electron chi connectivity index (χ0n) is 22.0. The minimum atomic E-state index is -1.80. The van der Waals surface area contributed by atoms with Gasteiger partial charge in [0.25, 0.3) is 0 Å². The molecular weight excluding hydrogens is 456 g/mol. The monoisotopic (exact) mass is 492 g/mol. The number of hydrogen-bond acceptors (Lipinski definition) is 5. The number of aryl methyl sites for hydroxylation is 1. The highest BCUT2D eigenvalue weighted by molar-refractivity contribution is 6.74. The summed E-state index contributed by atoms with van der Waals surface area (Å²) < 4.78 is 14.5. The Morgan fingerprint density at radius 2 is 1.89 bits per heavy atom. The van der Waals surface area contributed by atoms with Gasteiger partial charge in [-0.3, -0.25) is 9.48 Å². The van der Waals surface area contributed by atoms with E-state index in [4.69, 9.17) is 13.9 Å². The van der Waals surface area contributed by atoms with E-state index in [0.29, 0.717) is 41.0 Å². The van der Waals surface area contributed by atoms with Crippen LogP contribution in [0.5, 0.6) is 0 Å². The number of benzene rings is 2. The Hall–Kier alpha value is -2.74. The molecule has 4 rings (SSSR count). The van der Waals surface area contributed by atoms with Crippen molar-refractivity contribution in [3.63, 3.8) is 0 Å². The fraction of sp³-hybridized carbons (Fsp3) is 0.429. The summed E-state index contributed by atoms with van der Waals surface area (Å²) in [5.41, 5.74) is 4.13. The maximum atomic E-state index is 13.2. The first-order valence-corrected chi connectivity index (χ1v) is 15.1. The second kappa shape index (κ2) is 9.04. The minimum Gasteiger partial charge on any atom is -0.455 e. The molecule has 0 radical (unpaired) electrons. The molecule has 0 aliphatic heterocycles. The molecule has 0 spiro atoms. The Morgan fingerprint density at radius 1 is 1.17 bits per heavy atom. The Kier molecular flexibility index (Phi) is 6.55. The van der Waals surface area contributed by atoms with Crippen LogP contribution < -0.4 is 5.43 Å². The molecule has 4 aromatic rings. The summed E-state index contributed by atoms with van der Waals surface area (Å²) in [6.45, 7) is 17.9. The Labute approximate surface area is 207 Å². The average Bonchev–Trinajstić information content (AvgIpc) is 3.17. The smallest absolute Gasteiger partial charge is 0.196 e. The van der Waals surface area contributed by atoms with Crippen molar-refractivity contribution in [2.75, 3.05) is 6.61 Å². The first-order valence-electron chi connectivity index (χ1n) is 12.2. The molecule has 2 heterocycles. The van der Waals surface area contributed by atoms with Crippen molar-refractivity contribution < 1.29 is 13.9 Å². The summed E-state index contributed by atoms with van der Waals surface area (Å²) in [4.78, 5) is 13.2. The van der Waals surface area contributed by atoms with Crippen molar-refractivity contribution in [2.45, 2.75) is 72.3 Å². The van der Waals surface area contributed by atoms with Crippen LogP contribution in [0.25, 0.3) is 33.2 Å². The first kappa shape index (κ1) is 25.4. The van der Waals surface area contributed by atoms with E-state index in [0.717, 1.165) is 22.0 Å². The van der Waals surface area contributed by atoms with Crippen LogP contribution in [-0.4, -0.2) is 29.8 Å². The van der Waals surface area contributed by atoms with Gasteiger partial charge in [0.15, 0.2) is 13.7 Å². The molecule has 0 bridgehead atoms. The molecule has 0 unspecified atom stereocenters. The van der Waals surface area contributed by atoms with Crippen molar-refractivity contribution in [2.24, 2.45) is 0 Å². The van der Waals surface area contributed by atoms with Gasteiger partial charge in [0, 0.05) is 28.3 Å². The molecular formula is C28H36N2O4Si. The summed E-state index contributed by atoms with van der Waals surface area (Å²) in [5, 5.41) is 16.6. The molecule has 2 aromatic heterocycles. The van der Waals surface area contributed by atoms with Crippen LogP contribution in [0.3, 0.4) is 0 Å². The third kappa shape index (κ3) is 4.85. The van der Waals surface area contributed by atoms with E-state index in [1.165, 1.54) is 0 Å². The van der Waals surface area contributed by atoms with Gasteiger partial charge in [0.2, 0.25) is 0 Å². The molecule has 7 heteroatoms. The van der Waals surface area contributed by atoms with Gasteiger partial charge >= 0.3 is 0 Å². The van der Waals surface area contributed by atoms with E-state index in [1.807, 2.05) is 48.1 Å². The lowest BCUT2D eigenvalue weighted by Gasteiger charge is -2.36. The molecule has 186 valence electrons. The zero-order chi connectivity index (χ0) is 25.7. The second-order valence-electron chi connectivity index (χ2n) is 11.1. The van der Waals surface area contributed by atoms with Crippen LogP contribution in [0.15, 0.2) is 45.7 Å². The lowest BCUT2D eigenvalue weighted by molar-refractivity contribution is 0.199. The van der Waals surface area contributed by atoms with Gasteiger partial charge in [-0.2, -0.15) is 5.10 Å². The normalized spacial score (nSPS) is 13.6. The van der Waals surface area contributed by atoms with Crippen molar-refractivity contribution in [3.05, 3.63) is 63.4 Å². The maximum absolute atomic E-state index is 13.2. The van der Waals surface area contributed by atoms with E-state index >= 15 is 0 Å². The number of aromatic nitrogens is 2. The molecule has 35 heavy (non-hydrogen) atoms. The number of nitrogens with zero attached hydrogens (tertiary/aromatic N) is 2. The van der Waals surface area contributed by atoms with Crippen LogP contribution in [-0.2, 0) is 11.0 Å². The van der Waals surface area contributed by atoms with E-state index in [-0.39, 0.29) is 10.5 Å². The lowest BCUT2D eigenvalue weighted by atomic mass is 10.00. The van der Waals surface area contributed by atoms with Crippen molar-refractivity contribution in [3.8, 4) is 11.3 Å². The zero-order valence-corrected chi connectivity index (χ0v) is 23.0. The summed E-state index contributed by atoms with van der Waals surface area (Å²) in [6, 6.07) is 9.57. The maximum Gasteiger partial charge on any atom is 0.196 e. The number of hydrogen-bond donors (Lipinski definition) is 1. The molecule has 0 aliphatic rings. The van der Waals surface area contributed by atoms with Gasteiger partial charge in [0.05, 0.1) is 30.2 Å². The van der Waals surface area contributed by atoms with Crippen LogP contribution in [0, 0.1) is 13.8 Å². The molecule has 2 aromatic carbocycles. The topological polar surface area (TPSA) is 77.5 Å². The van der Waals surface area contributed by atoms with Crippen molar-refractivity contribution in [1.82, 2.24) is 9.78 Å². The predicted molar refractivity (Wildman–Crippen MR) is 144 cm³/mol. The van der Waals surface area contributed by atoms with Crippen LogP contribution in [0.2, 0.25) is 18.1 Å². The third-order valence-electron chi connectivity index (χ3n) is 7.25. The standard InChI is InChI=1S/C28H36N2O4Si/c1-17-13-22(19(3)31)27-23(14-17)25(32)18(2)26(34-27)20-9-10-24-21(15-20)16-30(29-24)11-12-33-35(7,8)28(4,5)6/h9-10,13-16,19,31H,11-12H2,1-8H3/t19-/m0/s1. The molecule has 1 atom stereocenters. The SMILES string of the molecule is Cc1cc([C@H](C)O)c2oc(-c3ccc4nn(CCO[Si](C)(C)C(C)(C)C)cc4c3)c(C)c(=O)c2c1. The van der Waals surface area contributed by atoms with Crippen LogP contribution >= 0.6 is 0 Å². The van der Waals surface area contributed by atoms with E-state index in [9.17, 15) is 9.90 Å². The molecule has 0 fully saturated rings. The van der Waals surface area contributed by atoms with Gasteiger partial charge in [-0.15, -0.1) is 0 Å². The van der Waals surface area contributed by atoms with Gasteiger partial charge in [0.1, 0.15) is 11.3 Å². The largest absolute Gasteiger partial charge is 0.455 e. The second-order valence-corrected chi connectivity index (χ2v) is 15.9. The Morgan fingerprint density at radius 3 is 2.54 bits per heavy atom. The van der Waals surface area contributed by atoms with Crippen LogP contribution in [0.1, 0.15) is 50.5 Å². The highest BCUT2D eigenvalue weighted by atomic mass is 28.4. The van der Waals surface area contributed by atoms with Gasteiger partial charge in [-0.1, -0.05) is 20.8 Å². The molecule has 1 N–H and O–H groups in total. The number of aliphatic hydroxyl groups excluding tert-OH is 1.